The molecule has 3 heterocycles. The van der Waals surface area contributed by atoms with Gasteiger partial charge in [-0.25, -0.2) is 13.3 Å². The van der Waals surface area contributed by atoms with Crippen molar-refractivity contribution < 1.29 is 18.4 Å². The highest BCUT2D eigenvalue weighted by molar-refractivity contribution is 6.10. The number of rotatable bonds is 4. The summed E-state index contributed by atoms with van der Waals surface area (Å²) in [6, 6.07) is 5.22. The summed E-state index contributed by atoms with van der Waals surface area (Å²) in [6.07, 6.45) is 2.39. The molecule has 0 radical (unpaired) electrons. The molecule has 0 saturated heterocycles. The van der Waals surface area contributed by atoms with Crippen molar-refractivity contribution in [3.8, 4) is 11.1 Å². The maximum Gasteiger partial charge on any atom is 0.256 e. The minimum atomic E-state index is -1.09. The molecule has 1 aliphatic carbocycles. The van der Waals surface area contributed by atoms with E-state index in [0.717, 1.165) is 0 Å². The highest BCUT2D eigenvalue weighted by Crippen LogP contribution is 2.37. The van der Waals surface area contributed by atoms with Crippen LogP contribution in [0, 0.1) is 18.7 Å². The van der Waals surface area contributed by atoms with Gasteiger partial charge in [-0.3, -0.25) is 14.7 Å². The maximum atomic E-state index is 15.2. The second kappa shape index (κ2) is 6.86. The average Bonchev–Trinajstić information content (AvgIpc) is 3.12. The van der Waals surface area contributed by atoms with Crippen molar-refractivity contribution in [3.63, 3.8) is 0 Å². The van der Waals surface area contributed by atoms with Crippen LogP contribution in [-0.2, 0) is 4.79 Å². The third-order valence-corrected chi connectivity index (χ3v) is 5.59. The molecule has 8 nitrogen and oxygen atoms in total. The number of pyridine rings is 1. The lowest BCUT2D eigenvalue weighted by atomic mass is 9.93. The molecule has 10 heteroatoms. The lowest BCUT2D eigenvalue weighted by Crippen LogP contribution is -2.20. The summed E-state index contributed by atoms with van der Waals surface area (Å²) >= 11 is 0. The largest absolute Gasteiger partial charge is 0.355 e. The van der Waals surface area contributed by atoms with Crippen molar-refractivity contribution >= 4 is 34.1 Å². The lowest BCUT2D eigenvalue weighted by Gasteiger charge is -2.13. The van der Waals surface area contributed by atoms with Gasteiger partial charge in [0, 0.05) is 24.7 Å². The predicted molar refractivity (Wildman–Crippen MR) is 110 cm³/mol. The van der Waals surface area contributed by atoms with Crippen LogP contribution >= 0.6 is 0 Å². The predicted octanol–water partition coefficient (Wildman–Crippen LogP) is 2.98. The van der Waals surface area contributed by atoms with Crippen LogP contribution in [0.5, 0.6) is 0 Å². The molecular weight excluding hydrogens is 406 g/mol. The van der Waals surface area contributed by atoms with Gasteiger partial charge in [-0.15, -0.1) is 0 Å². The van der Waals surface area contributed by atoms with Crippen LogP contribution in [0.4, 0.5) is 14.6 Å². The van der Waals surface area contributed by atoms with Crippen molar-refractivity contribution in [2.24, 2.45) is 5.92 Å². The molecular formula is C21H18F2N6O2. The Balaban J connectivity index is 1.59. The standard InChI is InChI=1S/C21H18F2N6O2/c1-9-16(13-8-25-27-19(13)17(18(9)23)21(31)24-2)10-3-4-29-11(5-10)6-15(28-29)26-20(30)12-7-14(12)22/h3-6,8,12,14H,7H2,1-2H3,(H,24,31)(H,25,27)(H,26,28,30)/t12-,14+/m1/s1. The van der Waals surface area contributed by atoms with Gasteiger partial charge in [0.05, 0.1) is 23.1 Å². The second-order valence-electron chi connectivity index (χ2n) is 7.59. The quantitative estimate of drug-likeness (QED) is 0.469. The number of benzene rings is 1. The van der Waals surface area contributed by atoms with E-state index in [1.165, 1.54) is 7.05 Å². The van der Waals surface area contributed by atoms with Crippen molar-refractivity contribution in [2.75, 3.05) is 12.4 Å². The van der Waals surface area contributed by atoms with Gasteiger partial charge in [-0.05, 0) is 42.2 Å². The van der Waals surface area contributed by atoms with Crippen LogP contribution in [0.25, 0.3) is 27.5 Å². The van der Waals surface area contributed by atoms with Crippen LogP contribution in [0.15, 0.2) is 30.6 Å². The minimum absolute atomic E-state index is 0.0853. The van der Waals surface area contributed by atoms with E-state index in [1.807, 2.05) is 0 Å². The third kappa shape index (κ3) is 3.02. The maximum absolute atomic E-state index is 15.2. The summed E-state index contributed by atoms with van der Waals surface area (Å²) < 4.78 is 29.8. The first-order valence-electron chi connectivity index (χ1n) is 9.71. The van der Waals surface area contributed by atoms with Crippen LogP contribution < -0.4 is 10.6 Å². The molecule has 0 spiro atoms. The molecule has 4 aromatic rings. The van der Waals surface area contributed by atoms with E-state index < -0.39 is 23.8 Å². The van der Waals surface area contributed by atoms with Gasteiger partial charge < -0.3 is 10.6 Å². The number of halogens is 2. The van der Waals surface area contributed by atoms with Gasteiger partial charge >= 0.3 is 0 Å². The number of fused-ring (bicyclic) bond motifs is 2. The summed E-state index contributed by atoms with van der Waals surface area (Å²) in [4.78, 5) is 24.2. The zero-order chi connectivity index (χ0) is 21.9. The van der Waals surface area contributed by atoms with E-state index in [0.29, 0.717) is 38.9 Å². The summed E-state index contributed by atoms with van der Waals surface area (Å²) in [7, 11) is 1.44. The first kappa shape index (κ1) is 19.2. The number of nitrogens with one attached hydrogen (secondary N) is 3. The van der Waals surface area contributed by atoms with E-state index in [2.05, 4.69) is 25.9 Å². The molecule has 1 saturated carbocycles. The fourth-order valence-corrected chi connectivity index (χ4v) is 3.85. The molecule has 3 aromatic heterocycles. The number of anilines is 1. The van der Waals surface area contributed by atoms with E-state index in [-0.39, 0.29) is 17.9 Å². The molecule has 2 amide bonds. The van der Waals surface area contributed by atoms with Crippen LogP contribution in [0.3, 0.4) is 0 Å². The number of nitrogens with zero attached hydrogens (tertiary/aromatic N) is 3. The smallest absolute Gasteiger partial charge is 0.256 e. The number of aromatic nitrogens is 4. The van der Waals surface area contributed by atoms with Crippen molar-refractivity contribution in [1.29, 1.82) is 0 Å². The van der Waals surface area contributed by atoms with Gasteiger partial charge in [0.2, 0.25) is 5.91 Å². The molecule has 0 bridgehead atoms. The Hall–Kier alpha value is -3.82. The number of carbonyl (C=O) groups excluding carboxylic acids is 2. The SMILES string of the molecule is CNC(=O)c1c(F)c(C)c(-c2ccn3nc(NC(=O)[C@@H]4C[C@@H]4F)cc3c2)c2cn[nH]c12. The molecule has 31 heavy (non-hydrogen) atoms. The van der Waals surface area contributed by atoms with Crippen molar-refractivity contribution in [3.05, 3.63) is 47.5 Å². The summed E-state index contributed by atoms with van der Waals surface area (Å²) in [5.41, 5.74) is 2.49. The lowest BCUT2D eigenvalue weighted by molar-refractivity contribution is -0.117. The number of carbonyl (C=O) groups is 2. The third-order valence-electron chi connectivity index (χ3n) is 5.59. The Kier molecular flexibility index (Phi) is 4.24. The molecule has 1 aliphatic rings. The Morgan fingerprint density at radius 3 is 2.81 bits per heavy atom. The molecule has 2 atom stereocenters. The van der Waals surface area contributed by atoms with Crippen LogP contribution in [-0.4, -0.2) is 44.8 Å². The van der Waals surface area contributed by atoms with Crippen molar-refractivity contribution in [2.45, 2.75) is 19.5 Å². The molecule has 5 rings (SSSR count). The Morgan fingerprint density at radius 1 is 1.32 bits per heavy atom. The minimum Gasteiger partial charge on any atom is -0.355 e. The van der Waals surface area contributed by atoms with Gasteiger partial charge in [-0.2, -0.15) is 10.2 Å². The molecule has 0 unspecified atom stereocenters. The number of H-pyrrole nitrogens is 1. The Morgan fingerprint density at radius 2 is 2.10 bits per heavy atom. The second-order valence-corrected chi connectivity index (χ2v) is 7.59. The first-order valence-corrected chi connectivity index (χ1v) is 9.71. The summed E-state index contributed by atoms with van der Waals surface area (Å²) in [6.45, 7) is 1.61. The van der Waals surface area contributed by atoms with Crippen molar-refractivity contribution in [1.82, 2.24) is 25.1 Å². The fraction of sp³-hybridized carbons (Fsp3) is 0.238. The monoisotopic (exact) mass is 424 g/mol. The highest BCUT2D eigenvalue weighted by atomic mass is 19.1. The van der Waals surface area contributed by atoms with E-state index in [9.17, 15) is 14.0 Å². The molecule has 1 fully saturated rings. The molecule has 1 aromatic carbocycles. The van der Waals surface area contributed by atoms with Crippen LogP contribution in [0.2, 0.25) is 0 Å². The van der Waals surface area contributed by atoms with E-state index in [4.69, 9.17) is 0 Å². The zero-order valence-electron chi connectivity index (χ0n) is 16.7. The number of alkyl halides is 1. The average molecular weight is 424 g/mol. The fourth-order valence-electron chi connectivity index (χ4n) is 3.85. The van der Waals surface area contributed by atoms with E-state index >= 15 is 4.39 Å². The topological polar surface area (TPSA) is 104 Å². The number of aromatic amines is 1. The molecule has 0 aliphatic heterocycles. The molecule has 158 valence electrons. The van der Waals surface area contributed by atoms with Gasteiger partial charge in [0.25, 0.3) is 5.91 Å². The Labute approximate surface area is 174 Å². The van der Waals surface area contributed by atoms with Gasteiger partial charge in [0.1, 0.15) is 17.6 Å². The summed E-state index contributed by atoms with van der Waals surface area (Å²) in [5, 5.41) is 16.7. The van der Waals surface area contributed by atoms with Crippen LogP contribution in [0.1, 0.15) is 22.3 Å². The first-order chi connectivity index (χ1) is 14.9. The highest BCUT2D eigenvalue weighted by Gasteiger charge is 2.43. The number of hydrogen-bond donors (Lipinski definition) is 3. The van der Waals surface area contributed by atoms with Gasteiger partial charge in [-0.1, -0.05) is 0 Å². The normalized spacial score (nSPS) is 17.8. The zero-order valence-corrected chi connectivity index (χ0v) is 16.7. The summed E-state index contributed by atoms with van der Waals surface area (Å²) in [5.74, 6) is -1.86. The molecule has 3 N–H and O–H groups in total. The number of amides is 2. The van der Waals surface area contributed by atoms with E-state index in [1.54, 1.807) is 42.0 Å². The van der Waals surface area contributed by atoms with Gasteiger partial charge in [0.15, 0.2) is 5.82 Å². The Bertz CT molecular complexity index is 1380. The number of hydrogen-bond acceptors (Lipinski definition) is 4.